The zero-order valence-corrected chi connectivity index (χ0v) is 12.8. The molecule has 0 bridgehead atoms. The summed E-state index contributed by atoms with van der Waals surface area (Å²) >= 11 is 17.0. The molecule has 0 aliphatic rings. The first-order chi connectivity index (χ1) is 8.63. The second kappa shape index (κ2) is 8.57. The first kappa shape index (κ1) is 15.5. The molecule has 2 N–H and O–H groups in total. The van der Waals surface area contributed by atoms with Gasteiger partial charge in [-0.15, -0.1) is 0 Å². The van der Waals surface area contributed by atoms with Gasteiger partial charge in [-0.25, -0.2) is 0 Å². The fourth-order valence-electron chi connectivity index (χ4n) is 1.50. The van der Waals surface area contributed by atoms with Gasteiger partial charge in [0, 0.05) is 12.2 Å². The van der Waals surface area contributed by atoms with Crippen molar-refractivity contribution in [1.29, 1.82) is 0 Å². The largest absolute Gasteiger partial charge is 0.362 e. The lowest BCUT2D eigenvalue weighted by molar-refractivity contribution is 0.655. The molecule has 0 spiro atoms. The minimum atomic E-state index is 0.521. The highest BCUT2D eigenvalue weighted by molar-refractivity contribution is 7.80. The van der Waals surface area contributed by atoms with Crippen molar-refractivity contribution in [3.8, 4) is 0 Å². The lowest BCUT2D eigenvalue weighted by Gasteiger charge is -2.10. The highest BCUT2D eigenvalue weighted by atomic mass is 35.5. The van der Waals surface area contributed by atoms with Crippen molar-refractivity contribution in [2.75, 3.05) is 11.9 Å². The first-order valence-corrected chi connectivity index (χ1v) is 7.29. The SMILES string of the molecule is CCCCCCNC(=S)Nc1ccc(Cl)c(Cl)c1. The Morgan fingerprint density at radius 3 is 2.61 bits per heavy atom. The number of hydrogen-bond acceptors (Lipinski definition) is 1. The molecule has 0 aliphatic heterocycles. The van der Waals surface area contributed by atoms with Crippen LogP contribution in [0.5, 0.6) is 0 Å². The van der Waals surface area contributed by atoms with Crippen LogP contribution in [0.25, 0.3) is 0 Å². The number of thiocarbonyl (C=S) groups is 1. The molecule has 1 aromatic carbocycles. The third kappa shape index (κ3) is 5.89. The highest BCUT2D eigenvalue weighted by Crippen LogP contribution is 2.24. The molecule has 0 aromatic heterocycles. The van der Waals surface area contributed by atoms with Crippen molar-refractivity contribution >= 4 is 46.2 Å². The maximum Gasteiger partial charge on any atom is 0.170 e. The van der Waals surface area contributed by atoms with Gasteiger partial charge in [-0.3, -0.25) is 0 Å². The van der Waals surface area contributed by atoms with E-state index in [1.54, 1.807) is 12.1 Å². The van der Waals surface area contributed by atoms with E-state index in [0.29, 0.717) is 15.2 Å². The summed E-state index contributed by atoms with van der Waals surface area (Å²) in [5.41, 5.74) is 0.843. The van der Waals surface area contributed by atoms with E-state index in [-0.39, 0.29) is 0 Å². The fourth-order valence-corrected chi connectivity index (χ4v) is 2.02. The Labute approximate surface area is 124 Å². The number of rotatable bonds is 6. The van der Waals surface area contributed by atoms with Gasteiger partial charge in [0.15, 0.2) is 5.11 Å². The Hall–Kier alpha value is -0.510. The van der Waals surface area contributed by atoms with Crippen LogP contribution >= 0.6 is 35.4 Å². The summed E-state index contributed by atoms with van der Waals surface area (Å²) in [7, 11) is 0. The van der Waals surface area contributed by atoms with Gasteiger partial charge in [-0.1, -0.05) is 49.4 Å². The second-order valence-corrected chi connectivity index (χ2v) is 5.29. The van der Waals surface area contributed by atoms with E-state index < -0.39 is 0 Å². The molecule has 1 rings (SSSR count). The minimum absolute atomic E-state index is 0.521. The molecule has 0 saturated carbocycles. The summed E-state index contributed by atoms with van der Waals surface area (Å²) in [6.07, 6.45) is 4.89. The van der Waals surface area contributed by atoms with Gasteiger partial charge >= 0.3 is 0 Å². The molecular formula is C13H18Cl2N2S. The van der Waals surface area contributed by atoms with E-state index >= 15 is 0 Å². The summed E-state index contributed by atoms with van der Waals surface area (Å²) in [5.74, 6) is 0. The number of nitrogens with one attached hydrogen (secondary N) is 2. The summed E-state index contributed by atoms with van der Waals surface area (Å²) in [4.78, 5) is 0. The monoisotopic (exact) mass is 304 g/mol. The Kier molecular flexibility index (Phi) is 7.40. The number of anilines is 1. The number of benzene rings is 1. The van der Waals surface area contributed by atoms with Crippen LogP contribution in [0.4, 0.5) is 5.69 Å². The van der Waals surface area contributed by atoms with E-state index in [9.17, 15) is 0 Å². The number of unbranched alkanes of at least 4 members (excludes halogenated alkanes) is 3. The van der Waals surface area contributed by atoms with Crippen LogP contribution in [0.1, 0.15) is 32.6 Å². The van der Waals surface area contributed by atoms with Crippen molar-refractivity contribution in [3.63, 3.8) is 0 Å². The van der Waals surface area contributed by atoms with Gasteiger partial charge in [-0.05, 0) is 36.8 Å². The lowest BCUT2D eigenvalue weighted by Crippen LogP contribution is -2.29. The van der Waals surface area contributed by atoms with Crippen molar-refractivity contribution in [2.24, 2.45) is 0 Å². The molecule has 0 atom stereocenters. The molecule has 1 aromatic rings. The summed E-state index contributed by atoms with van der Waals surface area (Å²) in [6.45, 7) is 3.09. The molecule has 0 unspecified atom stereocenters. The zero-order chi connectivity index (χ0) is 13.4. The lowest BCUT2D eigenvalue weighted by atomic mass is 10.2. The third-order valence-electron chi connectivity index (χ3n) is 2.49. The number of halogens is 2. The van der Waals surface area contributed by atoms with Crippen molar-refractivity contribution < 1.29 is 0 Å². The average Bonchev–Trinajstić information content (AvgIpc) is 2.34. The van der Waals surface area contributed by atoms with E-state index in [0.717, 1.165) is 18.7 Å². The Morgan fingerprint density at radius 2 is 1.94 bits per heavy atom. The van der Waals surface area contributed by atoms with Crippen molar-refractivity contribution in [3.05, 3.63) is 28.2 Å². The van der Waals surface area contributed by atoms with Crippen LogP contribution < -0.4 is 10.6 Å². The summed E-state index contributed by atoms with van der Waals surface area (Å²) in [5, 5.41) is 7.93. The van der Waals surface area contributed by atoms with Crippen LogP contribution in [0.2, 0.25) is 10.0 Å². The van der Waals surface area contributed by atoms with Crippen LogP contribution in [-0.2, 0) is 0 Å². The third-order valence-corrected chi connectivity index (χ3v) is 3.48. The number of hydrogen-bond donors (Lipinski definition) is 2. The predicted octanol–water partition coefficient (Wildman–Crippen LogP) is 4.86. The molecule has 5 heteroatoms. The van der Waals surface area contributed by atoms with E-state index in [4.69, 9.17) is 35.4 Å². The van der Waals surface area contributed by atoms with Crippen LogP contribution in [-0.4, -0.2) is 11.7 Å². The van der Waals surface area contributed by atoms with E-state index in [1.165, 1.54) is 19.3 Å². The Balaban J connectivity index is 2.29. The highest BCUT2D eigenvalue weighted by Gasteiger charge is 2.01. The molecule has 0 amide bonds. The summed E-state index contributed by atoms with van der Waals surface area (Å²) in [6, 6.07) is 5.35. The maximum absolute atomic E-state index is 5.92. The van der Waals surface area contributed by atoms with Crippen molar-refractivity contribution in [2.45, 2.75) is 32.6 Å². The molecular weight excluding hydrogens is 287 g/mol. The smallest absolute Gasteiger partial charge is 0.170 e. The Morgan fingerprint density at radius 1 is 1.17 bits per heavy atom. The molecule has 100 valence electrons. The van der Waals surface area contributed by atoms with Crippen LogP contribution in [0.3, 0.4) is 0 Å². The zero-order valence-electron chi connectivity index (χ0n) is 10.4. The van der Waals surface area contributed by atoms with Gasteiger partial charge in [0.25, 0.3) is 0 Å². The molecule has 0 heterocycles. The van der Waals surface area contributed by atoms with Gasteiger partial charge in [0.1, 0.15) is 0 Å². The van der Waals surface area contributed by atoms with Gasteiger partial charge in [0.05, 0.1) is 10.0 Å². The molecule has 18 heavy (non-hydrogen) atoms. The van der Waals surface area contributed by atoms with Crippen LogP contribution in [0.15, 0.2) is 18.2 Å². The van der Waals surface area contributed by atoms with Gasteiger partial charge in [0.2, 0.25) is 0 Å². The van der Waals surface area contributed by atoms with Gasteiger partial charge < -0.3 is 10.6 Å². The van der Waals surface area contributed by atoms with Gasteiger partial charge in [-0.2, -0.15) is 0 Å². The van der Waals surface area contributed by atoms with Crippen molar-refractivity contribution in [1.82, 2.24) is 5.32 Å². The van der Waals surface area contributed by atoms with Crippen LogP contribution in [0, 0.1) is 0 Å². The Bertz CT molecular complexity index is 397. The average molecular weight is 305 g/mol. The predicted molar refractivity (Wildman–Crippen MR) is 84.8 cm³/mol. The maximum atomic E-state index is 5.92. The molecule has 0 fully saturated rings. The summed E-state index contributed by atoms with van der Waals surface area (Å²) < 4.78 is 0. The molecule has 0 saturated heterocycles. The second-order valence-electron chi connectivity index (χ2n) is 4.07. The normalized spacial score (nSPS) is 10.2. The van der Waals surface area contributed by atoms with E-state index in [1.807, 2.05) is 6.07 Å². The van der Waals surface area contributed by atoms with E-state index in [2.05, 4.69) is 17.6 Å². The molecule has 0 radical (unpaired) electrons. The quantitative estimate of drug-likeness (QED) is 0.580. The minimum Gasteiger partial charge on any atom is -0.362 e. The fraction of sp³-hybridized carbons (Fsp3) is 0.462. The first-order valence-electron chi connectivity index (χ1n) is 6.13. The molecule has 2 nitrogen and oxygen atoms in total. The molecule has 0 aliphatic carbocycles. The standard InChI is InChI=1S/C13H18Cl2N2S/c1-2-3-4-5-8-16-13(18)17-10-6-7-11(14)12(15)9-10/h6-7,9H,2-5,8H2,1H3,(H2,16,17,18). The topological polar surface area (TPSA) is 24.1 Å².